The van der Waals surface area contributed by atoms with Gasteiger partial charge in [-0.1, -0.05) is 42.3 Å². The number of aliphatic hydroxyl groups excluding tert-OH is 1. The highest BCUT2D eigenvalue weighted by atomic mass is 35.5. The van der Waals surface area contributed by atoms with Crippen molar-refractivity contribution >= 4 is 46.3 Å². The van der Waals surface area contributed by atoms with Gasteiger partial charge in [0.1, 0.15) is 17.3 Å². The first-order valence-corrected chi connectivity index (χ1v) is 11.8. The second-order valence-corrected chi connectivity index (χ2v) is 9.09. The molecule has 1 aliphatic heterocycles. The zero-order valence-electron chi connectivity index (χ0n) is 19.1. The number of rotatable bonds is 6. The van der Waals surface area contributed by atoms with Gasteiger partial charge in [0.05, 0.1) is 18.2 Å². The molecule has 180 valence electrons. The number of phenolic OH excluding ortho intramolecular Hbond substituents is 1. The first kappa shape index (κ1) is 24.6. The Labute approximate surface area is 213 Å². The number of phenols is 1. The van der Waals surface area contributed by atoms with Crippen molar-refractivity contribution in [2.75, 3.05) is 11.5 Å². The number of aryl methyl sites for hydroxylation is 1. The van der Waals surface area contributed by atoms with Gasteiger partial charge in [-0.05, 0) is 73.0 Å². The molecule has 0 spiro atoms. The molecule has 1 fully saturated rings. The second kappa shape index (κ2) is 10.0. The Morgan fingerprint density at radius 2 is 1.74 bits per heavy atom. The molecule has 0 bridgehead atoms. The number of anilines is 1. The van der Waals surface area contributed by atoms with Crippen molar-refractivity contribution in [3.05, 3.63) is 93.0 Å². The molecule has 1 amide bonds. The number of nitrogens with zero attached hydrogens (tertiary/aromatic N) is 1. The van der Waals surface area contributed by atoms with Crippen molar-refractivity contribution in [2.24, 2.45) is 0 Å². The van der Waals surface area contributed by atoms with Gasteiger partial charge in [-0.15, -0.1) is 0 Å². The molecule has 3 aromatic rings. The van der Waals surface area contributed by atoms with Gasteiger partial charge in [0, 0.05) is 21.3 Å². The lowest BCUT2D eigenvalue weighted by molar-refractivity contribution is -0.132. The number of hydrogen-bond acceptors (Lipinski definition) is 5. The number of amides is 1. The fraction of sp³-hybridized carbons (Fsp3) is 0.185. The van der Waals surface area contributed by atoms with Crippen LogP contribution in [0.5, 0.6) is 11.5 Å². The Morgan fingerprint density at radius 3 is 2.37 bits per heavy atom. The molecule has 1 heterocycles. The lowest BCUT2D eigenvalue weighted by atomic mass is 9.94. The third-order valence-electron chi connectivity index (χ3n) is 5.67. The molecule has 1 aliphatic rings. The van der Waals surface area contributed by atoms with E-state index in [9.17, 15) is 19.8 Å². The number of aliphatic hydroxyl groups is 1. The van der Waals surface area contributed by atoms with Gasteiger partial charge < -0.3 is 14.9 Å². The van der Waals surface area contributed by atoms with Gasteiger partial charge in [-0.25, -0.2) is 0 Å². The standard InChI is InChI=1S/C27H23Cl2NO5/c1-3-9-35-22-8-7-17(10-15(22)2)25(32)23-24(16-5-4-6-21(31)11-16)30(27(34)26(23)33)20-13-18(28)12-19(29)14-20/h4-8,10-14,24,31-32H,3,9H2,1-2H3/b25-23+. The van der Waals surface area contributed by atoms with Crippen LogP contribution in [0.1, 0.15) is 36.1 Å². The Hall–Kier alpha value is -3.48. The minimum Gasteiger partial charge on any atom is -0.508 e. The summed E-state index contributed by atoms with van der Waals surface area (Å²) < 4.78 is 5.71. The SMILES string of the molecule is CCCOc1ccc(/C(O)=C2\C(=O)C(=O)N(c3cc(Cl)cc(Cl)c3)C2c2cccc(O)c2)cc1C. The predicted octanol–water partition coefficient (Wildman–Crippen LogP) is 6.42. The molecule has 0 aliphatic carbocycles. The summed E-state index contributed by atoms with van der Waals surface area (Å²) in [5.41, 5.74) is 1.74. The highest BCUT2D eigenvalue weighted by Gasteiger charge is 2.47. The molecule has 1 atom stereocenters. The van der Waals surface area contributed by atoms with E-state index in [0.717, 1.165) is 12.0 Å². The highest BCUT2D eigenvalue weighted by molar-refractivity contribution is 6.52. The average Bonchev–Trinajstić information content (AvgIpc) is 3.07. The van der Waals surface area contributed by atoms with Gasteiger partial charge in [0.2, 0.25) is 0 Å². The van der Waals surface area contributed by atoms with E-state index in [2.05, 4.69) is 0 Å². The Morgan fingerprint density at radius 1 is 1.03 bits per heavy atom. The fourth-order valence-electron chi connectivity index (χ4n) is 4.11. The summed E-state index contributed by atoms with van der Waals surface area (Å²) >= 11 is 12.3. The van der Waals surface area contributed by atoms with Crippen LogP contribution in [0.4, 0.5) is 5.69 Å². The van der Waals surface area contributed by atoms with Gasteiger partial charge in [0.15, 0.2) is 0 Å². The van der Waals surface area contributed by atoms with E-state index >= 15 is 0 Å². The molecule has 8 heteroatoms. The molecule has 35 heavy (non-hydrogen) atoms. The van der Waals surface area contributed by atoms with Crippen LogP contribution in [-0.4, -0.2) is 28.5 Å². The molecular weight excluding hydrogens is 489 g/mol. The van der Waals surface area contributed by atoms with E-state index in [1.165, 1.54) is 35.2 Å². The fourth-order valence-corrected chi connectivity index (χ4v) is 4.63. The Balaban J connectivity index is 1.90. The minimum absolute atomic E-state index is 0.0505. The summed E-state index contributed by atoms with van der Waals surface area (Å²) in [5.74, 6) is -1.43. The zero-order valence-corrected chi connectivity index (χ0v) is 20.6. The average molecular weight is 512 g/mol. The molecule has 0 aromatic heterocycles. The maximum Gasteiger partial charge on any atom is 0.300 e. The van der Waals surface area contributed by atoms with Gasteiger partial charge in [-0.3, -0.25) is 14.5 Å². The van der Waals surface area contributed by atoms with Crippen LogP contribution in [0.2, 0.25) is 10.0 Å². The van der Waals surface area contributed by atoms with Crippen molar-refractivity contribution in [2.45, 2.75) is 26.3 Å². The van der Waals surface area contributed by atoms with Crippen LogP contribution in [0.15, 0.2) is 66.2 Å². The monoisotopic (exact) mass is 511 g/mol. The third kappa shape index (κ3) is 4.85. The maximum atomic E-state index is 13.3. The number of aromatic hydroxyl groups is 1. The summed E-state index contributed by atoms with van der Waals surface area (Å²) in [5, 5.41) is 22.0. The molecule has 3 aromatic carbocycles. The van der Waals surface area contributed by atoms with Crippen LogP contribution in [0.3, 0.4) is 0 Å². The van der Waals surface area contributed by atoms with Crippen molar-refractivity contribution in [3.8, 4) is 11.5 Å². The number of hydrogen-bond donors (Lipinski definition) is 2. The molecule has 0 saturated carbocycles. The molecular formula is C27H23Cl2NO5. The van der Waals surface area contributed by atoms with E-state index in [-0.39, 0.29) is 32.8 Å². The summed E-state index contributed by atoms with van der Waals surface area (Å²) in [6, 6.07) is 14.7. The first-order valence-electron chi connectivity index (χ1n) is 11.0. The molecule has 0 radical (unpaired) electrons. The van der Waals surface area contributed by atoms with E-state index in [1.54, 1.807) is 30.3 Å². The number of carbonyl (C=O) groups is 2. The predicted molar refractivity (Wildman–Crippen MR) is 136 cm³/mol. The maximum absolute atomic E-state index is 13.3. The third-order valence-corrected chi connectivity index (χ3v) is 6.10. The number of ketones is 1. The largest absolute Gasteiger partial charge is 0.508 e. The van der Waals surface area contributed by atoms with Crippen molar-refractivity contribution < 1.29 is 24.5 Å². The number of benzene rings is 3. The minimum atomic E-state index is -1.02. The van der Waals surface area contributed by atoms with E-state index in [0.29, 0.717) is 23.5 Å². The van der Waals surface area contributed by atoms with Crippen molar-refractivity contribution in [1.82, 2.24) is 0 Å². The van der Waals surface area contributed by atoms with Crippen LogP contribution in [0.25, 0.3) is 5.76 Å². The number of ether oxygens (including phenoxy) is 1. The first-order chi connectivity index (χ1) is 16.7. The lowest BCUT2D eigenvalue weighted by Gasteiger charge is -2.26. The van der Waals surface area contributed by atoms with Gasteiger partial charge in [0.25, 0.3) is 11.7 Å². The number of Topliss-reactive ketones (excluding diaryl/α,β-unsaturated/α-hetero) is 1. The lowest BCUT2D eigenvalue weighted by Crippen LogP contribution is -2.29. The summed E-state index contributed by atoms with van der Waals surface area (Å²) in [7, 11) is 0. The molecule has 4 rings (SSSR count). The molecule has 6 nitrogen and oxygen atoms in total. The van der Waals surface area contributed by atoms with Crippen LogP contribution >= 0.6 is 23.2 Å². The van der Waals surface area contributed by atoms with E-state index < -0.39 is 17.7 Å². The van der Waals surface area contributed by atoms with E-state index in [4.69, 9.17) is 27.9 Å². The quantitative estimate of drug-likeness (QED) is 0.226. The molecule has 1 unspecified atom stereocenters. The highest BCUT2D eigenvalue weighted by Crippen LogP contribution is 2.44. The molecule has 1 saturated heterocycles. The smallest absolute Gasteiger partial charge is 0.300 e. The number of carbonyl (C=O) groups excluding carboxylic acids is 2. The van der Waals surface area contributed by atoms with Crippen LogP contribution in [-0.2, 0) is 9.59 Å². The second-order valence-electron chi connectivity index (χ2n) is 8.22. The van der Waals surface area contributed by atoms with Gasteiger partial charge in [-0.2, -0.15) is 0 Å². The Bertz CT molecular complexity index is 1330. The van der Waals surface area contributed by atoms with Crippen LogP contribution < -0.4 is 9.64 Å². The summed E-state index contributed by atoms with van der Waals surface area (Å²) in [6.07, 6.45) is 0.849. The van der Waals surface area contributed by atoms with E-state index in [1.807, 2.05) is 13.8 Å². The normalized spacial score (nSPS) is 17.1. The van der Waals surface area contributed by atoms with Gasteiger partial charge >= 0.3 is 0 Å². The molecule has 2 N–H and O–H groups in total. The number of halogens is 2. The topological polar surface area (TPSA) is 87.1 Å². The van der Waals surface area contributed by atoms with Crippen molar-refractivity contribution in [3.63, 3.8) is 0 Å². The Kier molecular flexibility index (Phi) is 7.05. The van der Waals surface area contributed by atoms with Crippen molar-refractivity contribution in [1.29, 1.82) is 0 Å². The summed E-state index contributed by atoms with van der Waals surface area (Å²) in [4.78, 5) is 27.7. The zero-order chi connectivity index (χ0) is 25.3. The summed E-state index contributed by atoms with van der Waals surface area (Å²) in [6.45, 7) is 4.39. The van der Waals surface area contributed by atoms with Crippen LogP contribution in [0, 0.1) is 6.92 Å².